The zero-order valence-corrected chi connectivity index (χ0v) is 17.2. The summed E-state index contributed by atoms with van der Waals surface area (Å²) in [5, 5.41) is 2.55. The van der Waals surface area contributed by atoms with E-state index in [1.54, 1.807) is 27.7 Å². The molecule has 9 heteroatoms. The molecule has 0 heterocycles. The molecule has 0 radical (unpaired) electrons. The van der Waals surface area contributed by atoms with E-state index in [4.69, 9.17) is 9.47 Å². The topological polar surface area (TPSA) is 47.6 Å². The molecule has 0 saturated heterocycles. The largest absolute Gasteiger partial charge is 1.00 e. The molecule has 1 aromatic carbocycles. The Morgan fingerprint density at radius 3 is 2.43 bits per heavy atom. The molecule has 1 aromatic rings. The Morgan fingerprint density at radius 1 is 1.30 bits per heavy atom. The van der Waals surface area contributed by atoms with Crippen molar-refractivity contribution in [2.75, 3.05) is 6.61 Å². The number of nitrogens with one attached hydrogen (secondary N) is 1. The maximum absolute atomic E-state index is 12.6. The smallest absolute Gasteiger partial charge is 0.492 e. The Hall–Kier alpha value is -0.219. The first-order valence-corrected chi connectivity index (χ1v) is 6.89. The third-order valence-corrected chi connectivity index (χ3v) is 2.50. The number of benzene rings is 1. The van der Waals surface area contributed by atoms with Crippen molar-refractivity contribution in [1.29, 1.82) is 0 Å². The maximum atomic E-state index is 12.6. The van der Waals surface area contributed by atoms with Gasteiger partial charge in [0.2, 0.25) is 0 Å². The molecule has 1 amide bonds. The van der Waals surface area contributed by atoms with E-state index in [1.165, 1.54) is 12.1 Å². The van der Waals surface area contributed by atoms with Gasteiger partial charge in [0.1, 0.15) is 18.0 Å². The average molecular weight is 357 g/mol. The predicted octanol–water partition coefficient (Wildman–Crippen LogP) is 0.0370. The Balaban J connectivity index is 0.00000484. The molecule has 23 heavy (non-hydrogen) atoms. The van der Waals surface area contributed by atoms with Crippen molar-refractivity contribution in [3.63, 3.8) is 0 Å². The Morgan fingerprint density at radius 2 is 1.91 bits per heavy atom. The summed E-state index contributed by atoms with van der Waals surface area (Å²) in [5.41, 5.74) is -1.33. The van der Waals surface area contributed by atoms with Crippen LogP contribution in [0.25, 0.3) is 0 Å². The van der Waals surface area contributed by atoms with Crippen LogP contribution in [0, 0.1) is 0 Å². The Bertz CT molecular complexity index is 521. The maximum Gasteiger partial charge on any atom is 1.00 e. The van der Waals surface area contributed by atoms with Crippen LogP contribution in [-0.2, 0) is 4.74 Å². The van der Waals surface area contributed by atoms with E-state index in [9.17, 15) is 17.7 Å². The van der Waals surface area contributed by atoms with Crippen LogP contribution >= 0.6 is 0 Å². The van der Waals surface area contributed by atoms with Crippen LogP contribution in [0.1, 0.15) is 27.7 Å². The number of hydrogen-bond acceptors (Lipinski definition) is 3. The second kappa shape index (κ2) is 9.31. The number of hydrogen-bond donors (Lipinski definition) is 1. The van der Waals surface area contributed by atoms with Crippen molar-refractivity contribution >= 4 is 18.5 Å². The fraction of sp³-hybridized carbons (Fsp3) is 0.500. The third-order valence-electron chi connectivity index (χ3n) is 2.50. The van der Waals surface area contributed by atoms with Crippen LogP contribution in [0.5, 0.6) is 5.75 Å². The zero-order chi connectivity index (χ0) is 17.0. The monoisotopic (exact) mass is 357 g/mol. The van der Waals surface area contributed by atoms with Crippen molar-refractivity contribution in [2.45, 2.75) is 39.3 Å². The molecular weight excluding hydrogens is 337 g/mol. The molecule has 1 unspecified atom stereocenters. The first kappa shape index (κ1) is 22.8. The number of alkyl carbamates (subject to hydrolysis) is 1. The molecule has 0 fully saturated rings. The van der Waals surface area contributed by atoms with Crippen LogP contribution in [0.2, 0.25) is 0 Å². The third kappa shape index (κ3) is 9.61. The van der Waals surface area contributed by atoms with Crippen molar-refractivity contribution in [2.24, 2.45) is 0 Å². The van der Waals surface area contributed by atoms with Crippen LogP contribution in [0.4, 0.5) is 17.7 Å². The SMILES string of the molecule is CC(COc1cccc([B-](F)(F)F)c1)NC(=O)OC(C)(C)C.[K+]. The Kier molecular flexibility index (Phi) is 9.22. The summed E-state index contributed by atoms with van der Waals surface area (Å²) >= 11 is 0. The van der Waals surface area contributed by atoms with Gasteiger partial charge in [-0.05, 0) is 39.8 Å². The van der Waals surface area contributed by atoms with E-state index in [0.29, 0.717) is 0 Å². The van der Waals surface area contributed by atoms with Gasteiger partial charge in [0, 0.05) is 0 Å². The summed E-state index contributed by atoms with van der Waals surface area (Å²) < 4.78 is 48.2. The first-order valence-electron chi connectivity index (χ1n) is 6.89. The minimum absolute atomic E-state index is 0. The summed E-state index contributed by atoms with van der Waals surface area (Å²) in [6.45, 7) is 1.85. The van der Waals surface area contributed by atoms with Gasteiger partial charge in [-0.25, -0.2) is 4.79 Å². The number of carbonyl (C=O) groups is 1. The van der Waals surface area contributed by atoms with Gasteiger partial charge in [-0.1, -0.05) is 12.1 Å². The van der Waals surface area contributed by atoms with Crippen molar-refractivity contribution < 1.29 is 78.6 Å². The van der Waals surface area contributed by atoms with E-state index < -0.39 is 30.2 Å². The van der Waals surface area contributed by atoms with E-state index in [1.807, 2.05) is 0 Å². The van der Waals surface area contributed by atoms with Crippen LogP contribution in [-0.4, -0.2) is 31.3 Å². The van der Waals surface area contributed by atoms with Crippen LogP contribution < -0.4 is 66.9 Å². The quantitative estimate of drug-likeness (QED) is 0.757. The van der Waals surface area contributed by atoms with Gasteiger partial charge < -0.3 is 27.7 Å². The summed E-state index contributed by atoms with van der Waals surface area (Å²) in [6, 6.07) is 4.25. The van der Waals surface area contributed by atoms with Gasteiger partial charge in [-0.2, -0.15) is 0 Å². The standard InChI is InChI=1S/C14H20BF3NO3.K/c1-10(19-13(20)22-14(2,3)4)9-21-12-7-5-6-11(8-12)15(16,17)18;/h5-8,10H,9H2,1-4H3,(H,19,20);/q-1;+1. The molecule has 1 rings (SSSR count). The molecule has 0 aliphatic carbocycles. The molecule has 0 saturated carbocycles. The first-order chi connectivity index (χ1) is 9.97. The van der Waals surface area contributed by atoms with Gasteiger partial charge in [-0.15, -0.1) is 5.46 Å². The molecular formula is C14H20BF3KNO3. The minimum atomic E-state index is -5.06. The molecule has 0 aromatic heterocycles. The average Bonchev–Trinajstić information content (AvgIpc) is 2.33. The van der Waals surface area contributed by atoms with Gasteiger partial charge >= 0.3 is 64.5 Å². The van der Waals surface area contributed by atoms with E-state index in [-0.39, 0.29) is 63.7 Å². The van der Waals surface area contributed by atoms with E-state index in [0.717, 1.165) is 12.1 Å². The van der Waals surface area contributed by atoms with Gasteiger partial charge in [0.05, 0.1) is 6.04 Å². The number of ether oxygens (including phenoxy) is 2. The van der Waals surface area contributed by atoms with E-state index in [2.05, 4.69) is 5.32 Å². The second-order valence-electron chi connectivity index (χ2n) is 6.01. The summed E-state index contributed by atoms with van der Waals surface area (Å²) in [6.07, 6.45) is -0.601. The van der Waals surface area contributed by atoms with E-state index >= 15 is 0 Å². The van der Waals surface area contributed by atoms with Gasteiger partial charge in [0.25, 0.3) is 0 Å². The summed E-state index contributed by atoms with van der Waals surface area (Å²) in [5.74, 6) is 0.106. The minimum Gasteiger partial charge on any atom is -0.492 e. The summed E-state index contributed by atoms with van der Waals surface area (Å²) in [7, 11) is 0. The fourth-order valence-corrected chi connectivity index (χ4v) is 1.58. The van der Waals surface area contributed by atoms with Gasteiger partial charge in [0.15, 0.2) is 0 Å². The fourth-order valence-electron chi connectivity index (χ4n) is 1.58. The molecule has 124 valence electrons. The number of carbonyl (C=O) groups excluding carboxylic acids is 1. The number of amides is 1. The van der Waals surface area contributed by atoms with Crippen molar-refractivity contribution in [3.05, 3.63) is 24.3 Å². The summed E-state index contributed by atoms with van der Waals surface area (Å²) in [4.78, 5) is 11.5. The molecule has 0 spiro atoms. The Labute approximate surface area is 177 Å². The molecule has 1 atom stereocenters. The number of halogens is 3. The molecule has 4 nitrogen and oxygen atoms in total. The molecule has 0 aliphatic rings. The van der Waals surface area contributed by atoms with Crippen LogP contribution in [0.3, 0.4) is 0 Å². The zero-order valence-electron chi connectivity index (χ0n) is 14.0. The normalized spacial score (nSPS) is 12.8. The van der Waals surface area contributed by atoms with Crippen LogP contribution in [0.15, 0.2) is 24.3 Å². The molecule has 0 bridgehead atoms. The second-order valence-corrected chi connectivity index (χ2v) is 6.01. The molecule has 1 N–H and O–H groups in total. The molecule has 0 aliphatic heterocycles. The van der Waals surface area contributed by atoms with Crippen molar-refractivity contribution in [1.82, 2.24) is 5.32 Å². The predicted molar refractivity (Wildman–Crippen MR) is 79.5 cm³/mol. The van der Waals surface area contributed by atoms with Crippen molar-refractivity contribution in [3.8, 4) is 5.75 Å². The number of rotatable bonds is 5. The van der Waals surface area contributed by atoms with Gasteiger partial charge in [-0.3, -0.25) is 0 Å².